The lowest BCUT2D eigenvalue weighted by molar-refractivity contribution is -0.143. The molecule has 0 aromatic carbocycles. The Morgan fingerprint density at radius 1 is 0.295 bits per heavy atom. The molecule has 0 aliphatic carbocycles. The summed E-state index contributed by atoms with van der Waals surface area (Å²) in [5.41, 5.74) is 0. The lowest BCUT2D eigenvalue weighted by Gasteiger charge is -2.06. The summed E-state index contributed by atoms with van der Waals surface area (Å²) in [5.74, 6) is 0.0313. The molecule has 0 spiro atoms. The Morgan fingerprint density at radius 3 is 0.750 bits per heavy atom. The first kappa shape index (κ1) is 43.5. The van der Waals surface area contributed by atoms with Crippen molar-refractivity contribution in [2.75, 3.05) is 6.61 Å². The van der Waals surface area contributed by atoms with Gasteiger partial charge in [0.15, 0.2) is 0 Å². The molecule has 264 valence electrons. The number of hydrogen-bond acceptors (Lipinski definition) is 2. The minimum atomic E-state index is 0.0313. The standard InChI is InChI=1S/C42H84O2/c1-3-5-7-9-11-13-15-17-19-21-22-23-24-25-26-28-30-32-34-36-38-40-42(43)44-41-39-37-35-33-31-29-27-20-18-16-14-12-10-8-6-4-2/h3-41H2,1-2H3. The van der Waals surface area contributed by atoms with Crippen molar-refractivity contribution >= 4 is 5.97 Å². The monoisotopic (exact) mass is 621 g/mol. The van der Waals surface area contributed by atoms with E-state index in [4.69, 9.17) is 4.74 Å². The second-order valence-corrected chi connectivity index (χ2v) is 14.3. The summed E-state index contributed by atoms with van der Waals surface area (Å²) in [7, 11) is 0. The van der Waals surface area contributed by atoms with E-state index in [1.807, 2.05) is 0 Å². The lowest BCUT2D eigenvalue weighted by Crippen LogP contribution is -2.05. The highest BCUT2D eigenvalue weighted by molar-refractivity contribution is 5.69. The van der Waals surface area contributed by atoms with E-state index in [-0.39, 0.29) is 5.97 Å². The minimum absolute atomic E-state index is 0.0313. The van der Waals surface area contributed by atoms with Gasteiger partial charge in [0.05, 0.1) is 6.61 Å². The number of carbonyl (C=O) groups excluding carboxylic acids is 1. The van der Waals surface area contributed by atoms with Crippen LogP contribution >= 0.6 is 0 Å². The molecule has 2 heteroatoms. The van der Waals surface area contributed by atoms with E-state index < -0.39 is 0 Å². The summed E-state index contributed by atoms with van der Waals surface area (Å²) in [5, 5.41) is 0. The zero-order valence-electron chi connectivity index (χ0n) is 30.9. The maximum Gasteiger partial charge on any atom is 0.305 e. The van der Waals surface area contributed by atoms with E-state index in [9.17, 15) is 4.79 Å². The molecule has 44 heavy (non-hydrogen) atoms. The lowest BCUT2D eigenvalue weighted by atomic mass is 10.0. The van der Waals surface area contributed by atoms with E-state index in [1.165, 1.54) is 225 Å². The van der Waals surface area contributed by atoms with Gasteiger partial charge in [0.2, 0.25) is 0 Å². The number of unbranched alkanes of at least 4 members (excludes halogenated alkanes) is 35. The predicted octanol–water partition coefficient (Wildman–Crippen LogP) is 15.4. The molecule has 0 radical (unpaired) electrons. The van der Waals surface area contributed by atoms with Crippen molar-refractivity contribution in [1.82, 2.24) is 0 Å². The first-order chi connectivity index (χ1) is 21.8. The van der Waals surface area contributed by atoms with Crippen molar-refractivity contribution in [3.8, 4) is 0 Å². The van der Waals surface area contributed by atoms with Crippen LogP contribution in [0.1, 0.15) is 258 Å². The van der Waals surface area contributed by atoms with Gasteiger partial charge in [-0.25, -0.2) is 0 Å². The maximum atomic E-state index is 12.0. The van der Waals surface area contributed by atoms with E-state index >= 15 is 0 Å². The zero-order valence-corrected chi connectivity index (χ0v) is 30.9. The number of hydrogen-bond donors (Lipinski definition) is 0. The average Bonchev–Trinajstić information content (AvgIpc) is 3.03. The fourth-order valence-corrected chi connectivity index (χ4v) is 6.61. The SMILES string of the molecule is CCCCCCCCCCCCCCCCCCCCCCCC(=O)OCCCCCCCCCCCCCCCCCC. The molecule has 0 amide bonds. The fraction of sp³-hybridized carbons (Fsp3) is 0.976. The first-order valence-corrected chi connectivity index (χ1v) is 21.0. The highest BCUT2D eigenvalue weighted by atomic mass is 16.5. The van der Waals surface area contributed by atoms with Crippen molar-refractivity contribution < 1.29 is 9.53 Å². The van der Waals surface area contributed by atoms with E-state index in [0.717, 1.165) is 12.8 Å². The van der Waals surface area contributed by atoms with E-state index in [1.54, 1.807) is 0 Å². The number of carbonyl (C=O) groups is 1. The summed E-state index contributed by atoms with van der Waals surface area (Å²) >= 11 is 0. The van der Waals surface area contributed by atoms with Gasteiger partial charge in [-0.3, -0.25) is 4.79 Å². The van der Waals surface area contributed by atoms with Crippen LogP contribution in [0.5, 0.6) is 0 Å². The molecular weight excluding hydrogens is 536 g/mol. The highest BCUT2D eigenvalue weighted by Crippen LogP contribution is 2.16. The summed E-state index contributed by atoms with van der Waals surface area (Å²) in [4.78, 5) is 12.0. The summed E-state index contributed by atoms with van der Waals surface area (Å²) < 4.78 is 5.47. The average molecular weight is 621 g/mol. The molecule has 0 heterocycles. The maximum absolute atomic E-state index is 12.0. The Kier molecular flexibility index (Phi) is 40.0. The third kappa shape index (κ3) is 39.5. The van der Waals surface area contributed by atoms with Gasteiger partial charge in [-0.2, -0.15) is 0 Å². The Bertz CT molecular complexity index is 516. The molecule has 0 bridgehead atoms. The summed E-state index contributed by atoms with van der Waals surface area (Å²) in [6.45, 7) is 5.23. The Hall–Kier alpha value is -0.530. The molecule has 0 unspecified atom stereocenters. The predicted molar refractivity (Wildman–Crippen MR) is 198 cm³/mol. The molecule has 0 aliphatic heterocycles. The van der Waals surface area contributed by atoms with Crippen LogP contribution in [0.25, 0.3) is 0 Å². The van der Waals surface area contributed by atoms with Crippen LogP contribution in [0.4, 0.5) is 0 Å². The Morgan fingerprint density at radius 2 is 0.500 bits per heavy atom. The van der Waals surface area contributed by atoms with Gasteiger partial charge in [0.25, 0.3) is 0 Å². The third-order valence-corrected chi connectivity index (χ3v) is 9.75. The molecular formula is C42H84O2. The minimum Gasteiger partial charge on any atom is -0.466 e. The van der Waals surface area contributed by atoms with Gasteiger partial charge in [0.1, 0.15) is 0 Å². The van der Waals surface area contributed by atoms with Crippen LogP contribution < -0.4 is 0 Å². The van der Waals surface area contributed by atoms with Crippen LogP contribution in [0, 0.1) is 0 Å². The molecule has 0 aliphatic rings. The van der Waals surface area contributed by atoms with Crippen molar-refractivity contribution in [1.29, 1.82) is 0 Å². The molecule has 0 N–H and O–H groups in total. The van der Waals surface area contributed by atoms with Crippen LogP contribution in [0.2, 0.25) is 0 Å². The normalized spacial score (nSPS) is 11.4. The number of rotatable bonds is 39. The van der Waals surface area contributed by atoms with Crippen molar-refractivity contribution in [2.24, 2.45) is 0 Å². The van der Waals surface area contributed by atoms with E-state index in [2.05, 4.69) is 13.8 Å². The van der Waals surface area contributed by atoms with Gasteiger partial charge in [0, 0.05) is 6.42 Å². The number of esters is 1. The molecule has 0 saturated carbocycles. The van der Waals surface area contributed by atoms with Gasteiger partial charge in [-0.05, 0) is 12.8 Å². The van der Waals surface area contributed by atoms with Crippen LogP contribution in [-0.4, -0.2) is 12.6 Å². The first-order valence-electron chi connectivity index (χ1n) is 21.0. The van der Waals surface area contributed by atoms with Gasteiger partial charge in [-0.15, -0.1) is 0 Å². The molecule has 0 fully saturated rings. The Labute approximate surface area is 279 Å². The molecule has 0 atom stereocenters. The van der Waals surface area contributed by atoms with Crippen LogP contribution in [0.15, 0.2) is 0 Å². The fourth-order valence-electron chi connectivity index (χ4n) is 6.61. The van der Waals surface area contributed by atoms with Crippen molar-refractivity contribution in [3.05, 3.63) is 0 Å². The second kappa shape index (κ2) is 40.5. The molecule has 0 aromatic heterocycles. The molecule has 0 saturated heterocycles. The van der Waals surface area contributed by atoms with Crippen molar-refractivity contribution in [2.45, 2.75) is 258 Å². The topological polar surface area (TPSA) is 26.3 Å². The molecule has 0 aromatic rings. The Balaban J connectivity index is 3.14. The molecule has 2 nitrogen and oxygen atoms in total. The highest BCUT2D eigenvalue weighted by Gasteiger charge is 2.03. The quantitative estimate of drug-likeness (QED) is 0.0505. The smallest absolute Gasteiger partial charge is 0.305 e. The zero-order chi connectivity index (χ0) is 31.9. The van der Waals surface area contributed by atoms with Crippen molar-refractivity contribution in [3.63, 3.8) is 0 Å². The van der Waals surface area contributed by atoms with Gasteiger partial charge in [-0.1, -0.05) is 239 Å². The van der Waals surface area contributed by atoms with Crippen LogP contribution in [-0.2, 0) is 9.53 Å². The number of ether oxygens (including phenoxy) is 1. The second-order valence-electron chi connectivity index (χ2n) is 14.3. The summed E-state index contributed by atoms with van der Waals surface area (Å²) in [6, 6.07) is 0. The third-order valence-electron chi connectivity index (χ3n) is 9.75. The largest absolute Gasteiger partial charge is 0.466 e. The summed E-state index contributed by atoms with van der Waals surface area (Å²) in [6.07, 6.45) is 52.0. The molecule has 0 rings (SSSR count). The van der Waals surface area contributed by atoms with E-state index in [0.29, 0.717) is 13.0 Å². The van der Waals surface area contributed by atoms with Gasteiger partial charge < -0.3 is 4.74 Å². The van der Waals surface area contributed by atoms with Gasteiger partial charge >= 0.3 is 5.97 Å². The van der Waals surface area contributed by atoms with Crippen LogP contribution in [0.3, 0.4) is 0 Å².